The molecule has 5 nitrogen and oxygen atoms in total. The van der Waals surface area contributed by atoms with E-state index in [4.69, 9.17) is 0 Å². The lowest BCUT2D eigenvalue weighted by molar-refractivity contribution is -0.290. The van der Waals surface area contributed by atoms with Gasteiger partial charge in [-0.2, -0.15) is 30.4 Å². The maximum atomic E-state index is 13.3. The van der Waals surface area contributed by atoms with Crippen molar-refractivity contribution in [2.24, 2.45) is 0 Å². The van der Waals surface area contributed by atoms with E-state index in [1.807, 2.05) is 0 Å². The molecule has 0 spiro atoms. The molecule has 1 atom stereocenters. The molecular formula is C9H8F5O5PS. The number of halogens is 5. The largest absolute Gasteiger partial charge is 0.458 e. The summed E-state index contributed by atoms with van der Waals surface area (Å²) >= 11 is 0. The van der Waals surface area contributed by atoms with Crippen LogP contribution in [0.2, 0.25) is 0 Å². The van der Waals surface area contributed by atoms with Gasteiger partial charge in [0, 0.05) is 0 Å². The van der Waals surface area contributed by atoms with Crippen LogP contribution in [0.15, 0.2) is 29.2 Å². The van der Waals surface area contributed by atoms with Gasteiger partial charge in [0.2, 0.25) is 0 Å². The maximum absolute atomic E-state index is 13.3. The van der Waals surface area contributed by atoms with Gasteiger partial charge in [0.15, 0.2) is 15.5 Å². The Labute approximate surface area is 117 Å². The zero-order valence-corrected chi connectivity index (χ0v) is 11.9. The molecular weight excluding hydrogens is 346 g/mol. The van der Waals surface area contributed by atoms with Crippen LogP contribution in [0.3, 0.4) is 0 Å². The molecule has 0 fully saturated rings. The lowest BCUT2D eigenvalue weighted by Gasteiger charge is -2.22. The number of alkyl halides is 5. The fraction of sp³-hybridized carbons (Fsp3) is 0.333. The second-order valence-electron chi connectivity index (χ2n) is 3.52. The smallest absolute Gasteiger partial charge is 0.304 e. The summed E-state index contributed by atoms with van der Waals surface area (Å²) in [7, 11) is -6.76. The molecule has 0 radical (unpaired) electrons. The molecule has 120 valence electrons. The van der Waals surface area contributed by atoms with Crippen molar-refractivity contribution in [2.45, 2.75) is 17.0 Å². The molecule has 0 saturated carbocycles. The first-order valence-corrected chi connectivity index (χ1v) is 7.38. The Balaban J connectivity index is 3.31. The summed E-state index contributed by atoms with van der Waals surface area (Å²) in [6.45, 7) is -1.06. The summed E-state index contributed by atoms with van der Waals surface area (Å²) in [5.41, 5.74) is -1.77. The van der Waals surface area contributed by atoms with Crippen LogP contribution in [-0.4, -0.2) is 21.4 Å². The highest BCUT2D eigenvalue weighted by atomic mass is 32.2. The molecule has 0 N–H and O–H groups in total. The van der Waals surface area contributed by atoms with E-state index < -0.39 is 48.2 Å². The van der Waals surface area contributed by atoms with Gasteiger partial charge < -0.3 is 4.52 Å². The standard InChI is InChI=1S/C9H8F5O5PS/c10-8(11,9(12,13)14)6-3-1-2-4-7(6)21(16,17)19-5-18-20-15/h1-4H,5,20H2. The van der Waals surface area contributed by atoms with Gasteiger partial charge in [-0.1, -0.05) is 18.2 Å². The van der Waals surface area contributed by atoms with Crippen LogP contribution in [0.4, 0.5) is 22.0 Å². The van der Waals surface area contributed by atoms with Crippen LogP contribution in [0.1, 0.15) is 5.56 Å². The van der Waals surface area contributed by atoms with Crippen LogP contribution >= 0.6 is 8.69 Å². The van der Waals surface area contributed by atoms with Gasteiger partial charge in [0.05, 0.1) is 5.56 Å². The highest BCUT2D eigenvalue weighted by Gasteiger charge is 2.60. The van der Waals surface area contributed by atoms with Gasteiger partial charge in [0.25, 0.3) is 10.1 Å². The fourth-order valence-corrected chi connectivity index (χ4v) is 2.52. The van der Waals surface area contributed by atoms with E-state index in [1.165, 1.54) is 0 Å². The maximum Gasteiger partial charge on any atom is 0.458 e. The van der Waals surface area contributed by atoms with E-state index in [9.17, 15) is 34.9 Å². The van der Waals surface area contributed by atoms with E-state index in [0.29, 0.717) is 12.1 Å². The topological polar surface area (TPSA) is 69.7 Å². The minimum atomic E-state index is -5.98. The molecule has 12 heteroatoms. The van der Waals surface area contributed by atoms with E-state index in [1.54, 1.807) is 0 Å². The number of hydrogen-bond donors (Lipinski definition) is 0. The third-order valence-corrected chi connectivity index (χ3v) is 3.76. The highest BCUT2D eigenvalue weighted by Crippen LogP contribution is 2.46. The van der Waals surface area contributed by atoms with Gasteiger partial charge >= 0.3 is 12.1 Å². The molecule has 0 aromatic heterocycles. The van der Waals surface area contributed by atoms with Crippen molar-refractivity contribution in [1.29, 1.82) is 0 Å². The highest BCUT2D eigenvalue weighted by molar-refractivity contribution is 7.86. The normalized spacial score (nSPS) is 14.0. The Morgan fingerprint density at radius 3 is 2.19 bits per heavy atom. The number of rotatable bonds is 6. The molecule has 0 saturated heterocycles. The molecule has 0 aliphatic rings. The first-order chi connectivity index (χ1) is 9.54. The molecule has 0 aliphatic heterocycles. The summed E-state index contributed by atoms with van der Waals surface area (Å²) in [4.78, 5) is -1.35. The van der Waals surface area contributed by atoms with Gasteiger partial charge in [-0.3, -0.25) is 4.57 Å². The van der Waals surface area contributed by atoms with Gasteiger partial charge in [-0.25, -0.2) is 4.18 Å². The summed E-state index contributed by atoms with van der Waals surface area (Å²) in [6, 6.07) is 2.63. The Morgan fingerprint density at radius 2 is 1.67 bits per heavy atom. The van der Waals surface area contributed by atoms with Gasteiger partial charge in [-0.05, 0) is 6.07 Å². The zero-order valence-electron chi connectivity index (χ0n) is 9.93. The third-order valence-electron chi connectivity index (χ3n) is 2.19. The lowest BCUT2D eigenvalue weighted by Crippen LogP contribution is -2.35. The third kappa shape index (κ3) is 4.00. The monoisotopic (exact) mass is 354 g/mol. The van der Waals surface area contributed by atoms with Crippen LogP contribution in [0.25, 0.3) is 0 Å². The van der Waals surface area contributed by atoms with E-state index in [0.717, 1.165) is 12.1 Å². The molecule has 0 amide bonds. The molecule has 1 unspecified atom stereocenters. The first-order valence-electron chi connectivity index (χ1n) is 5.03. The predicted octanol–water partition coefficient (Wildman–Crippen LogP) is 2.69. The molecule has 0 bridgehead atoms. The summed E-state index contributed by atoms with van der Waals surface area (Å²) in [5, 5.41) is 0. The zero-order chi connectivity index (χ0) is 16.3. The van der Waals surface area contributed by atoms with Gasteiger partial charge in [0.1, 0.15) is 4.90 Å². The van der Waals surface area contributed by atoms with Crippen LogP contribution < -0.4 is 0 Å². The van der Waals surface area contributed by atoms with Crippen molar-refractivity contribution in [3.63, 3.8) is 0 Å². The Morgan fingerprint density at radius 1 is 1.10 bits per heavy atom. The van der Waals surface area contributed by atoms with E-state index >= 15 is 0 Å². The molecule has 1 rings (SSSR count). The van der Waals surface area contributed by atoms with Crippen molar-refractivity contribution in [2.75, 3.05) is 6.79 Å². The average molecular weight is 354 g/mol. The summed E-state index contributed by atoms with van der Waals surface area (Å²) in [6.07, 6.45) is -5.98. The SMILES string of the molecule is O=[PH2]OCOS(=O)(=O)c1ccccc1C(F)(F)C(F)(F)F. The first kappa shape index (κ1) is 18.0. The van der Waals surface area contributed by atoms with E-state index in [2.05, 4.69) is 8.71 Å². The minimum absolute atomic E-state index is 0.323. The van der Waals surface area contributed by atoms with Crippen molar-refractivity contribution in [3.05, 3.63) is 29.8 Å². The molecule has 1 aromatic carbocycles. The van der Waals surface area contributed by atoms with Crippen LogP contribution in [0, 0.1) is 0 Å². The summed E-state index contributed by atoms with van der Waals surface area (Å²) in [5.74, 6) is -5.38. The lowest BCUT2D eigenvalue weighted by atomic mass is 10.1. The van der Waals surface area contributed by atoms with Gasteiger partial charge in [-0.15, -0.1) is 0 Å². The van der Waals surface area contributed by atoms with E-state index in [-0.39, 0.29) is 0 Å². The Bertz CT molecular complexity index is 615. The molecule has 0 aliphatic carbocycles. The number of hydrogen-bond acceptors (Lipinski definition) is 5. The number of benzene rings is 1. The molecule has 0 heterocycles. The van der Waals surface area contributed by atoms with Crippen molar-refractivity contribution in [3.8, 4) is 0 Å². The summed E-state index contributed by atoms with van der Waals surface area (Å²) < 4.78 is 105. The Hall–Kier alpha value is -1.03. The average Bonchev–Trinajstić information content (AvgIpc) is 2.37. The van der Waals surface area contributed by atoms with Crippen molar-refractivity contribution in [1.82, 2.24) is 0 Å². The second kappa shape index (κ2) is 6.39. The van der Waals surface area contributed by atoms with Crippen molar-refractivity contribution >= 4 is 18.8 Å². The van der Waals surface area contributed by atoms with Crippen LogP contribution in [0.5, 0.6) is 0 Å². The fourth-order valence-electron chi connectivity index (χ4n) is 1.28. The molecule has 21 heavy (non-hydrogen) atoms. The second-order valence-corrected chi connectivity index (χ2v) is 5.63. The quantitative estimate of drug-likeness (QED) is 0.258. The Kier molecular flexibility index (Phi) is 5.48. The minimum Gasteiger partial charge on any atom is -0.304 e. The van der Waals surface area contributed by atoms with Crippen molar-refractivity contribution < 1.29 is 43.6 Å². The van der Waals surface area contributed by atoms with Crippen LogP contribution in [-0.2, 0) is 29.3 Å². The molecule has 1 aromatic rings. The predicted molar refractivity (Wildman–Crippen MR) is 61.0 cm³/mol.